The van der Waals surface area contributed by atoms with E-state index in [2.05, 4.69) is 43.4 Å². The van der Waals surface area contributed by atoms with Gasteiger partial charge in [0.1, 0.15) is 0 Å². The minimum absolute atomic E-state index is 0.132. The summed E-state index contributed by atoms with van der Waals surface area (Å²) in [6, 6.07) is 8.55. The molecule has 0 spiro atoms. The van der Waals surface area contributed by atoms with Gasteiger partial charge in [-0.25, -0.2) is 0 Å². The highest BCUT2D eigenvalue weighted by molar-refractivity contribution is 5.54. The van der Waals surface area contributed by atoms with E-state index in [9.17, 15) is 5.11 Å². The number of nitrogens with one attached hydrogen (secondary N) is 1. The molecule has 110 valence electrons. The molecule has 0 aliphatic carbocycles. The van der Waals surface area contributed by atoms with Crippen molar-refractivity contribution >= 4 is 5.69 Å². The van der Waals surface area contributed by atoms with E-state index in [0.29, 0.717) is 6.61 Å². The van der Waals surface area contributed by atoms with E-state index >= 15 is 0 Å². The van der Waals surface area contributed by atoms with Crippen LogP contribution in [0.4, 0.5) is 5.69 Å². The second-order valence-corrected chi connectivity index (χ2v) is 6.58. The van der Waals surface area contributed by atoms with Gasteiger partial charge in [0.25, 0.3) is 0 Å². The molecule has 2 aliphatic rings. The van der Waals surface area contributed by atoms with Crippen LogP contribution in [0.25, 0.3) is 0 Å². The zero-order valence-electron chi connectivity index (χ0n) is 12.5. The lowest BCUT2D eigenvalue weighted by molar-refractivity contribution is -0.159. The first-order valence-electron chi connectivity index (χ1n) is 7.75. The Morgan fingerprint density at radius 2 is 2.20 bits per heavy atom. The molecule has 3 heteroatoms. The Morgan fingerprint density at radius 3 is 3.00 bits per heavy atom. The molecule has 3 unspecified atom stereocenters. The van der Waals surface area contributed by atoms with Crippen molar-refractivity contribution in [1.82, 2.24) is 0 Å². The van der Waals surface area contributed by atoms with Crippen LogP contribution in [0.5, 0.6) is 0 Å². The van der Waals surface area contributed by atoms with Gasteiger partial charge in [0.05, 0.1) is 23.9 Å². The number of anilines is 1. The molecule has 3 rings (SSSR count). The van der Waals surface area contributed by atoms with Crippen LogP contribution >= 0.6 is 0 Å². The van der Waals surface area contributed by atoms with Crippen LogP contribution in [-0.4, -0.2) is 29.0 Å². The fourth-order valence-electron chi connectivity index (χ4n) is 3.63. The van der Waals surface area contributed by atoms with Crippen molar-refractivity contribution in [3.63, 3.8) is 0 Å². The van der Waals surface area contributed by atoms with Gasteiger partial charge >= 0.3 is 0 Å². The van der Waals surface area contributed by atoms with Gasteiger partial charge in [-0.2, -0.15) is 0 Å². The summed E-state index contributed by atoms with van der Waals surface area (Å²) in [5, 5.41) is 14.7. The summed E-state index contributed by atoms with van der Waals surface area (Å²) in [5.41, 5.74) is 1.70. The van der Waals surface area contributed by atoms with Gasteiger partial charge in [-0.1, -0.05) is 25.1 Å². The van der Waals surface area contributed by atoms with Crippen molar-refractivity contribution in [2.24, 2.45) is 0 Å². The maximum absolute atomic E-state index is 11.1. The maximum atomic E-state index is 11.1. The maximum Gasteiger partial charge on any atom is 0.0897 e. The Kier molecular flexibility index (Phi) is 3.51. The first-order chi connectivity index (χ1) is 9.55. The van der Waals surface area contributed by atoms with Crippen LogP contribution in [0.2, 0.25) is 0 Å². The molecule has 2 aliphatic heterocycles. The molecule has 0 amide bonds. The summed E-state index contributed by atoms with van der Waals surface area (Å²) < 4.78 is 5.88. The summed E-state index contributed by atoms with van der Waals surface area (Å²) in [6.07, 6.45) is 4.42. The average molecular weight is 275 g/mol. The molecule has 3 nitrogen and oxygen atoms in total. The SMILES string of the molecule is CCC1(C)CC(O)(C2CCc3ccccc3N2)CCO1. The van der Waals surface area contributed by atoms with Crippen LogP contribution in [0.3, 0.4) is 0 Å². The third-order valence-corrected chi connectivity index (χ3v) is 5.11. The van der Waals surface area contributed by atoms with Gasteiger partial charge in [-0.05, 0) is 37.8 Å². The lowest BCUT2D eigenvalue weighted by Crippen LogP contribution is -2.56. The number of ether oxygens (including phenoxy) is 1. The first kappa shape index (κ1) is 13.9. The third-order valence-electron chi connectivity index (χ3n) is 5.11. The van der Waals surface area contributed by atoms with Crippen LogP contribution in [-0.2, 0) is 11.2 Å². The Morgan fingerprint density at radius 1 is 1.40 bits per heavy atom. The minimum Gasteiger partial charge on any atom is -0.388 e. The molecule has 20 heavy (non-hydrogen) atoms. The number of hydrogen-bond donors (Lipinski definition) is 2. The van der Waals surface area contributed by atoms with Gasteiger partial charge in [-0.3, -0.25) is 0 Å². The predicted molar refractivity (Wildman–Crippen MR) is 81.0 cm³/mol. The minimum atomic E-state index is -0.656. The summed E-state index contributed by atoms with van der Waals surface area (Å²) in [4.78, 5) is 0. The van der Waals surface area contributed by atoms with Crippen molar-refractivity contribution in [3.05, 3.63) is 29.8 Å². The molecular formula is C17H25NO2. The number of aliphatic hydroxyl groups is 1. The molecule has 0 saturated carbocycles. The molecule has 2 heterocycles. The van der Waals surface area contributed by atoms with Gasteiger partial charge < -0.3 is 15.2 Å². The number of rotatable bonds is 2. The van der Waals surface area contributed by atoms with Crippen LogP contribution < -0.4 is 5.32 Å². The van der Waals surface area contributed by atoms with Gasteiger partial charge in [0, 0.05) is 18.5 Å². The zero-order chi connectivity index (χ0) is 14.2. The van der Waals surface area contributed by atoms with E-state index in [1.54, 1.807) is 0 Å². The quantitative estimate of drug-likeness (QED) is 0.871. The van der Waals surface area contributed by atoms with E-state index < -0.39 is 5.60 Å². The molecule has 0 bridgehead atoms. The standard InChI is InChI=1S/C17H25NO2/c1-3-16(2)12-17(19,10-11-20-16)15-9-8-13-6-4-5-7-14(13)18-15/h4-7,15,18-19H,3,8-12H2,1-2H3. The molecule has 0 radical (unpaired) electrons. The molecule has 0 aromatic heterocycles. The summed E-state index contributed by atoms with van der Waals surface area (Å²) in [7, 11) is 0. The number of hydrogen-bond acceptors (Lipinski definition) is 3. The summed E-state index contributed by atoms with van der Waals surface area (Å²) >= 11 is 0. The second-order valence-electron chi connectivity index (χ2n) is 6.58. The zero-order valence-corrected chi connectivity index (χ0v) is 12.5. The number of para-hydroxylation sites is 1. The van der Waals surface area contributed by atoms with Gasteiger partial charge in [0.2, 0.25) is 0 Å². The van der Waals surface area contributed by atoms with Crippen LogP contribution in [0.1, 0.15) is 45.1 Å². The Balaban J connectivity index is 1.79. The highest BCUT2D eigenvalue weighted by atomic mass is 16.5. The van der Waals surface area contributed by atoms with Crippen LogP contribution in [0, 0.1) is 0 Å². The monoisotopic (exact) mass is 275 g/mol. The van der Waals surface area contributed by atoms with Crippen molar-refractivity contribution in [3.8, 4) is 0 Å². The smallest absolute Gasteiger partial charge is 0.0897 e. The van der Waals surface area contributed by atoms with Crippen LogP contribution in [0.15, 0.2) is 24.3 Å². The molecule has 1 aromatic carbocycles. The number of fused-ring (bicyclic) bond motifs is 1. The second kappa shape index (κ2) is 5.05. The van der Waals surface area contributed by atoms with Gasteiger partial charge in [-0.15, -0.1) is 0 Å². The van der Waals surface area contributed by atoms with Gasteiger partial charge in [0.15, 0.2) is 0 Å². The lowest BCUT2D eigenvalue weighted by Gasteiger charge is -2.48. The Bertz CT molecular complexity index is 490. The number of aryl methyl sites for hydroxylation is 1. The predicted octanol–water partition coefficient (Wildman–Crippen LogP) is 3.12. The third kappa shape index (κ3) is 2.45. The Labute approximate surface area is 121 Å². The van der Waals surface area contributed by atoms with E-state index in [1.807, 2.05) is 0 Å². The lowest BCUT2D eigenvalue weighted by atomic mass is 9.74. The topological polar surface area (TPSA) is 41.5 Å². The number of benzene rings is 1. The van der Waals surface area contributed by atoms with E-state index in [4.69, 9.17) is 4.74 Å². The highest BCUT2D eigenvalue weighted by Gasteiger charge is 2.46. The van der Waals surface area contributed by atoms with E-state index in [0.717, 1.165) is 32.1 Å². The molecule has 1 aromatic rings. The van der Waals surface area contributed by atoms with Crippen molar-refractivity contribution < 1.29 is 9.84 Å². The molecular weight excluding hydrogens is 250 g/mol. The molecule has 1 fully saturated rings. The first-order valence-corrected chi connectivity index (χ1v) is 7.75. The normalized spacial score (nSPS) is 37.0. The summed E-state index contributed by atoms with van der Waals surface area (Å²) in [6.45, 7) is 4.91. The van der Waals surface area contributed by atoms with Crippen molar-refractivity contribution in [2.45, 2.75) is 63.2 Å². The fraction of sp³-hybridized carbons (Fsp3) is 0.647. The van der Waals surface area contributed by atoms with Crippen molar-refractivity contribution in [1.29, 1.82) is 0 Å². The highest BCUT2D eigenvalue weighted by Crippen LogP contribution is 2.40. The molecule has 1 saturated heterocycles. The van der Waals surface area contributed by atoms with E-state index in [1.165, 1.54) is 11.3 Å². The Hall–Kier alpha value is -1.06. The largest absolute Gasteiger partial charge is 0.388 e. The fourth-order valence-corrected chi connectivity index (χ4v) is 3.63. The summed E-state index contributed by atoms with van der Waals surface area (Å²) in [5.74, 6) is 0. The molecule has 2 N–H and O–H groups in total. The average Bonchev–Trinajstić information content (AvgIpc) is 2.46. The van der Waals surface area contributed by atoms with Crippen molar-refractivity contribution in [2.75, 3.05) is 11.9 Å². The van der Waals surface area contributed by atoms with E-state index in [-0.39, 0.29) is 11.6 Å². The molecule has 3 atom stereocenters.